The highest BCUT2D eigenvalue weighted by molar-refractivity contribution is 5.99. The number of nitrogens with zero attached hydrogens (tertiary/aromatic N) is 1. The summed E-state index contributed by atoms with van der Waals surface area (Å²) in [5.74, 6) is -1.60. The third kappa shape index (κ3) is 3.17. The molecule has 0 saturated carbocycles. The maximum absolute atomic E-state index is 13.1. The van der Waals surface area contributed by atoms with Gasteiger partial charge in [-0.1, -0.05) is 6.07 Å². The molecule has 0 aliphatic heterocycles. The summed E-state index contributed by atoms with van der Waals surface area (Å²) in [7, 11) is 0. The van der Waals surface area contributed by atoms with Crippen molar-refractivity contribution < 1.29 is 14.0 Å². The van der Waals surface area contributed by atoms with Gasteiger partial charge < -0.3 is 0 Å². The number of aromatic nitrogens is 1. The number of nitrogens with one attached hydrogen (secondary N) is 2. The van der Waals surface area contributed by atoms with Crippen LogP contribution in [0.2, 0.25) is 0 Å². The molecule has 1 heterocycles. The van der Waals surface area contributed by atoms with Gasteiger partial charge in [-0.25, -0.2) is 4.39 Å². The molecular formula is C14H12FN3O2. The van der Waals surface area contributed by atoms with Gasteiger partial charge in [-0.3, -0.25) is 25.4 Å². The average Bonchev–Trinajstić information content (AvgIpc) is 2.47. The molecule has 0 fully saturated rings. The standard InChI is InChI=1S/C14H12FN3O2/c1-9-4-5-11(15)7-12(9)14(20)18-17-13(19)10-3-2-6-16-8-10/h2-8H,1H3,(H,17,19)(H,18,20). The monoisotopic (exact) mass is 273 g/mol. The Balaban J connectivity index is 2.02. The SMILES string of the molecule is Cc1ccc(F)cc1C(=O)NNC(=O)c1cccnc1. The molecular weight excluding hydrogens is 261 g/mol. The van der Waals surface area contributed by atoms with Crippen molar-refractivity contribution in [1.82, 2.24) is 15.8 Å². The van der Waals surface area contributed by atoms with Crippen LogP contribution in [0.3, 0.4) is 0 Å². The van der Waals surface area contributed by atoms with Crippen molar-refractivity contribution in [3.63, 3.8) is 0 Å². The van der Waals surface area contributed by atoms with Crippen LogP contribution in [-0.2, 0) is 0 Å². The van der Waals surface area contributed by atoms with Crippen LogP contribution in [0.15, 0.2) is 42.7 Å². The Hall–Kier alpha value is -2.76. The zero-order valence-corrected chi connectivity index (χ0v) is 10.7. The number of hydrogen-bond acceptors (Lipinski definition) is 3. The first-order valence-corrected chi connectivity index (χ1v) is 5.85. The third-order valence-electron chi connectivity index (χ3n) is 2.66. The Kier molecular flexibility index (Phi) is 4.05. The van der Waals surface area contributed by atoms with E-state index in [9.17, 15) is 14.0 Å². The Morgan fingerprint density at radius 3 is 2.60 bits per heavy atom. The van der Waals surface area contributed by atoms with Crippen LogP contribution in [0.25, 0.3) is 0 Å². The predicted molar refractivity (Wildman–Crippen MR) is 70.3 cm³/mol. The predicted octanol–water partition coefficient (Wildman–Crippen LogP) is 1.60. The number of carbonyl (C=O) groups is 2. The van der Waals surface area contributed by atoms with Crippen LogP contribution in [-0.4, -0.2) is 16.8 Å². The molecule has 2 aromatic rings. The van der Waals surface area contributed by atoms with E-state index in [4.69, 9.17) is 0 Å². The van der Waals surface area contributed by atoms with Crippen molar-refractivity contribution in [2.24, 2.45) is 0 Å². The van der Waals surface area contributed by atoms with Crippen molar-refractivity contribution in [3.05, 3.63) is 65.2 Å². The summed E-state index contributed by atoms with van der Waals surface area (Å²) in [5.41, 5.74) is 5.56. The van der Waals surface area contributed by atoms with Crippen LogP contribution in [0.1, 0.15) is 26.3 Å². The van der Waals surface area contributed by atoms with E-state index < -0.39 is 17.6 Å². The molecule has 1 aromatic carbocycles. The quantitative estimate of drug-likeness (QED) is 0.816. The number of aryl methyl sites for hydroxylation is 1. The molecule has 0 unspecified atom stereocenters. The van der Waals surface area contributed by atoms with Gasteiger partial charge in [-0.2, -0.15) is 0 Å². The van der Waals surface area contributed by atoms with Crippen LogP contribution in [0.4, 0.5) is 4.39 Å². The summed E-state index contributed by atoms with van der Waals surface area (Å²) in [6.07, 6.45) is 2.90. The number of pyridine rings is 1. The number of hydrogen-bond donors (Lipinski definition) is 2. The number of amides is 2. The molecule has 0 bridgehead atoms. The van der Waals surface area contributed by atoms with Crippen molar-refractivity contribution in [3.8, 4) is 0 Å². The fourth-order valence-electron chi connectivity index (χ4n) is 1.59. The van der Waals surface area contributed by atoms with Gasteiger partial charge in [0.25, 0.3) is 11.8 Å². The molecule has 102 valence electrons. The van der Waals surface area contributed by atoms with E-state index in [0.29, 0.717) is 11.1 Å². The largest absolute Gasteiger partial charge is 0.271 e. The van der Waals surface area contributed by atoms with Gasteiger partial charge in [0.15, 0.2) is 0 Å². The van der Waals surface area contributed by atoms with E-state index in [2.05, 4.69) is 15.8 Å². The van der Waals surface area contributed by atoms with E-state index in [0.717, 1.165) is 6.07 Å². The maximum Gasteiger partial charge on any atom is 0.271 e. The zero-order valence-electron chi connectivity index (χ0n) is 10.7. The van der Waals surface area contributed by atoms with Crippen molar-refractivity contribution >= 4 is 11.8 Å². The van der Waals surface area contributed by atoms with Crippen LogP contribution in [0, 0.1) is 12.7 Å². The first-order valence-electron chi connectivity index (χ1n) is 5.85. The summed E-state index contributed by atoms with van der Waals surface area (Å²) in [4.78, 5) is 27.3. The second kappa shape index (κ2) is 5.92. The summed E-state index contributed by atoms with van der Waals surface area (Å²) >= 11 is 0. The third-order valence-corrected chi connectivity index (χ3v) is 2.66. The molecule has 6 heteroatoms. The second-order valence-electron chi connectivity index (χ2n) is 4.11. The number of benzene rings is 1. The molecule has 2 amide bonds. The lowest BCUT2D eigenvalue weighted by Gasteiger charge is -2.09. The molecule has 0 radical (unpaired) electrons. The van der Waals surface area contributed by atoms with E-state index in [1.54, 1.807) is 19.1 Å². The lowest BCUT2D eigenvalue weighted by Crippen LogP contribution is -2.41. The normalized spacial score (nSPS) is 9.90. The molecule has 0 aliphatic carbocycles. The fraction of sp³-hybridized carbons (Fsp3) is 0.0714. The number of rotatable bonds is 2. The molecule has 0 atom stereocenters. The number of hydrazine groups is 1. The molecule has 0 saturated heterocycles. The lowest BCUT2D eigenvalue weighted by atomic mass is 10.1. The summed E-state index contributed by atoms with van der Waals surface area (Å²) < 4.78 is 13.1. The second-order valence-corrected chi connectivity index (χ2v) is 4.11. The molecule has 0 aliphatic rings. The van der Waals surface area contributed by atoms with Gasteiger partial charge in [-0.15, -0.1) is 0 Å². The van der Waals surface area contributed by atoms with Crippen LogP contribution >= 0.6 is 0 Å². The van der Waals surface area contributed by atoms with Crippen molar-refractivity contribution in [2.75, 3.05) is 0 Å². The van der Waals surface area contributed by atoms with Gasteiger partial charge in [0.1, 0.15) is 5.82 Å². The summed E-state index contributed by atoms with van der Waals surface area (Å²) in [6.45, 7) is 1.68. The van der Waals surface area contributed by atoms with Crippen molar-refractivity contribution in [1.29, 1.82) is 0 Å². The summed E-state index contributed by atoms with van der Waals surface area (Å²) in [6, 6.07) is 7.03. The Morgan fingerprint density at radius 2 is 1.90 bits per heavy atom. The van der Waals surface area contributed by atoms with E-state index in [1.165, 1.54) is 24.5 Å². The van der Waals surface area contributed by atoms with Gasteiger partial charge in [0.05, 0.1) is 5.56 Å². The minimum absolute atomic E-state index is 0.163. The minimum Gasteiger partial charge on any atom is -0.267 e. The molecule has 1 aromatic heterocycles. The highest BCUT2D eigenvalue weighted by Crippen LogP contribution is 2.09. The van der Waals surface area contributed by atoms with Gasteiger partial charge >= 0.3 is 0 Å². The molecule has 20 heavy (non-hydrogen) atoms. The first-order chi connectivity index (χ1) is 9.58. The first kappa shape index (κ1) is 13.7. The van der Waals surface area contributed by atoms with Gasteiger partial charge in [0, 0.05) is 18.0 Å². The zero-order chi connectivity index (χ0) is 14.5. The molecule has 2 N–H and O–H groups in total. The topological polar surface area (TPSA) is 71.1 Å². The minimum atomic E-state index is -0.584. The van der Waals surface area contributed by atoms with Crippen molar-refractivity contribution in [2.45, 2.75) is 6.92 Å². The van der Waals surface area contributed by atoms with Gasteiger partial charge in [-0.05, 0) is 36.8 Å². The van der Waals surface area contributed by atoms with E-state index in [1.807, 2.05) is 0 Å². The highest BCUT2D eigenvalue weighted by Gasteiger charge is 2.12. The average molecular weight is 273 g/mol. The van der Waals surface area contributed by atoms with Gasteiger partial charge in [0.2, 0.25) is 0 Å². The Labute approximate surface area is 114 Å². The lowest BCUT2D eigenvalue weighted by molar-refractivity contribution is 0.0846. The van der Waals surface area contributed by atoms with E-state index in [-0.39, 0.29) is 5.56 Å². The Morgan fingerprint density at radius 1 is 1.15 bits per heavy atom. The smallest absolute Gasteiger partial charge is 0.267 e. The maximum atomic E-state index is 13.1. The van der Waals surface area contributed by atoms with E-state index >= 15 is 0 Å². The summed E-state index contributed by atoms with van der Waals surface area (Å²) in [5, 5.41) is 0. The number of halogens is 1. The van der Waals surface area contributed by atoms with Crippen LogP contribution in [0.5, 0.6) is 0 Å². The fourth-order valence-corrected chi connectivity index (χ4v) is 1.59. The molecule has 0 spiro atoms. The molecule has 5 nitrogen and oxygen atoms in total. The highest BCUT2D eigenvalue weighted by atomic mass is 19.1. The van der Waals surface area contributed by atoms with Crippen LogP contribution < -0.4 is 10.9 Å². The number of carbonyl (C=O) groups excluding carboxylic acids is 2. The Bertz CT molecular complexity index is 644. The molecule has 2 rings (SSSR count).